The molecule has 31 heavy (non-hydrogen) atoms. The van der Waals surface area contributed by atoms with Crippen molar-refractivity contribution in [1.82, 2.24) is 5.16 Å². The molecule has 0 spiro atoms. The van der Waals surface area contributed by atoms with Gasteiger partial charge in [-0.25, -0.2) is 4.39 Å². The Labute approximate surface area is 175 Å². The van der Waals surface area contributed by atoms with Crippen molar-refractivity contribution in [3.05, 3.63) is 87.2 Å². The fourth-order valence-corrected chi connectivity index (χ4v) is 3.90. The zero-order valence-electron chi connectivity index (χ0n) is 16.7. The van der Waals surface area contributed by atoms with E-state index in [0.29, 0.717) is 23.7 Å². The highest BCUT2D eigenvalue weighted by Gasteiger charge is 2.45. The molecule has 0 bridgehead atoms. The number of hydrogen-bond acceptors (Lipinski definition) is 6. The molecule has 0 radical (unpaired) electrons. The third-order valence-corrected chi connectivity index (χ3v) is 5.18. The molecular weight excluding hydrogens is 403 g/mol. The first-order valence-electron chi connectivity index (χ1n) is 9.74. The van der Waals surface area contributed by atoms with E-state index in [2.05, 4.69) is 5.16 Å². The number of rotatable bonds is 4. The van der Waals surface area contributed by atoms with Crippen LogP contribution < -0.4 is 15.1 Å². The molecule has 2 aromatic heterocycles. The largest absolute Gasteiger partial charge is 0.494 e. The van der Waals surface area contributed by atoms with Gasteiger partial charge in [0.05, 0.1) is 23.6 Å². The zero-order valence-corrected chi connectivity index (χ0v) is 16.7. The third-order valence-electron chi connectivity index (χ3n) is 5.18. The van der Waals surface area contributed by atoms with Crippen molar-refractivity contribution >= 4 is 22.7 Å². The van der Waals surface area contributed by atoms with Crippen LogP contribution in [0, 0.1) is 12.7 Å². The number of benzene rings is 2. The number of ether oxygens (including phenoxy) is 1. The van der Waals surface area contributed by atoms with Crippen LogP contribution in [-0.4, -0.2) is 17.7 Å². The summed E-state index contributed by atoms with van der Waals surface area (Å²) >= 11 is 0. The lowest BCUT2D eigenvalue weighted by Gasteiger charge is -2.22. The number of aromatic nitrogens is 1. The van der Waals surface area contributed by atoms with Crippen LogP contribution >= 0.6 is 0 Å². The van der Waals surface area contributed by atoms with Crippen molar-refractivity contribution in [2.45, 2.75) is 19.9 Å². The lowest BCUT2D eigenvalue weighted by molar-refractivity contribution is 0.0969. The standard InChI is InChI=1S/C23H17FN2O5/c1-3-29-15-6-4-5-13(10-15)20-19-21(27)16-11-14(24)7-8-17(16)30-22(19)23(28)26(20)18-9-12(2)31-25-18/h4-11,20H,3H2,1-2H3/t20-/m1/s1. The number of hydrogen-bond donors (Lipinski definition) is 0. The van der Waals surface area contributed by atoms with Gasteiger partial charge in [0.25, 0.3) is 5.91 Å². The molecule has 1 aliphatic heterocycles. The van der Waals surface area contributed by atoms with Gasteiger partial charge in [0.1, 0.15) is 22.9 Å². The van der Waals surface area contributed by atoms with Crippen molar-refractivity contribution < 1.29 is 22.9 Å². The molecule has 156 valence electrons. The maximum absolute atomic E-state index is 13.9. The molecule has 0 aliphatic carbocycles. The number of aryl methyl sites for hydroxylation is 1. The van der Waals surface area contributed by atoms with Crippen molar-refractivity contribution in [3.63, 3.8) is 0 Å². The minimum absolute atomic E-state index is 0.0655. The molecule has 7 nitrogen and oxygen atoms in total. The van der Waals surface area contributed by atoms with Gasteiger partial charge in [0.2, 0.25) is 5.76 Å². The first-order valence-corrected chi connectivity index (χ1v) is 9.74. The Morgan fingerprint density at radius 3 is 2.74 bits per heavy atom. The summed E-state index contributed by atoms with van der Waals surface area (Å²) in [6, 6.07) is 11.5. The molecule has 3 heterocycles. The van der Waals surface area contributed by atoms with E-state index >= 15 is 0 Å². The van der Waals surface area contributed by atoms with Crippen LogP contribution in [0.5, 0.6) is 5.75 Å². The predicted molar refractivity (Wildman–Crippen MR) is 110 cm³/mol. The maximum Gasteiger partial charge on any atom is 0.296 e. The Kier molecular flexibility index (Phi) is 4.35. The van der Waals surface area contributed by atoms with Crippen LogP contribution in [0.1, 0.15) is 40.4 Å². The summed E-state index contributed by atoms with van der Waals surface area (Å²) < 4.78 is 30.4. The highest BCUT2D eigenvalue weighted by molar-refractivity contribution is 6.10. The molecule has 0 unspecified atom stereocenters. The zero-order chi connectivity index (χ0) is 21.7. The Balaban J connectivity index is 1.80. The minimum atomic E-state index is -0.837. The van der Waals surface area contributed by atoms with Gasteiger partial charge >= 0.3 is 0 Å². The first kappa shape index (κ1) is 19.0. The fourth-order valence-electron chi connectivity index (χ4n) is 3.90. The lowest BCUT2D eigenvalue weighted by Crippen LogP contribution is -2.29. The van der Waals surface area contributed by atoms with Crippen molar-refractivity contribution in [1.29, 1.82) is 0 Å². The summed E-state index contributed by atoms with van der Waals surface area (Å²) in [5, 5.41) is 4.04. The molecule has 0 saturated heterocycles. The Hall–Kier alpha value is -3.94. The molecule has 0 saturated carbocycles. The molecule has 5 rings (SSSR count). The monoisotopic (exact) mass is 420 g/mol. The number of fused-ring (bicyclic) bond motifs is 2. The number of carbonyl (C=O) groups excluding carboxylic acids is 1. The fraction of sp³-hybridized carbons (Fsp3) is 0.174. The van der Waals surface area contributed by atoms with E-state index in [0.717, 1.165) is 6.07 Å². The van der Waals surface area contributed by atoms with Gasteiger partial charge in [0, 0.05) is 6.07 Å². The second-order valence-corrected chi connectivity index (χ2v) is 7.19. The van der Waals surface area contributed by atoms with Crippen molar-refractivity contribution in [2.24, 2.45) is 0 Å². The molecular formula is C23H17FN2O5. The minimum Gasteiger partial charge on any atom is -0.494 e. The van der Waals surface area contributed by atoms with Crippen LogP contribution in [-0.2, 0) is 0 Å². The number of nitrogens with zero attached hydrogens (tertiary/aromatic N) is 2. The Bertz CT molecular complexity index is 1390. The quantitative estimate of drug-likeness (QED) is 0.487. The lowest BCUT2D eigenvalue weighted by atomic mass is 9.98. The third kappa shape index (κ3) is 2.99. The summed E-state index contributed by atoms with van der Waals surface area (Å²) in [4.78, 5) is 28.1. The average molecular weight is 420 g/mol. The normalized spacial score (nSPS) is 15.5. The van der Waals surface area contributed by atoms with Gasteiger partial charge in [-0.05, 0) is 49.7 Å². The van der Waals surface area contributed by atoms with E-state index in [1.165, 1.54) is 17.0 Å². The first-order chi connectivity index (χ1) is 15.0. The van der Waals surface area contributed by atoms with E-state index < -0.39 is 23.2 Å². The molecule has 2 aromatic carbocycles. The molecule has 4 aromatic rings. The molecule has 1 atom stereocenters. The highest BCUT2D eigenvalue weighted by atomic mass is 19.1. The number of carbonyl (C=O) groups is 1. The van der Waals surface area contributed by atoms with Crippen molar-refractivity contribution in [3.8, 4) is 5.75 Å². The summed E-state index contributed by atoms with van der Waals surface area (Å²) in [6.45, 7) is 4.03. The Morgan fingerprint density at radius 1 is 1.16 bits per heavy atom. The van der Waals surface area contributed by atoms with Gasteiger partial charge in [-0.3, -0.25) is 14.5 Å². The maximum atomic E-state index is 13.9. The van der Waals surface area contributed by atoms with E-state index in [1.54, 1.807) is 37.3 Å². The average Bonchev–Trinajstić information content (AvgIpc) is 3.30. The SMILES string of the molecule is CCOc1cccc([C@@H]2c3c(oc4ccc(F)cc4c3=O)C(=O)N2c2cc(C)on2)c1. The highest BCUT2D eigenvalue weighted by Crippen LogP contribution is 2.41. The van der Waals surface area contributed by atoms with Gasteiger partial charge < -0.3 is 13.7 Å². The van der Waals surface area contributed by atoms with Gasteiger partial charge in [0.15, 0.2) is 11.2 Å². The van der Waals surface area contributed by atoms with Gasteiger partial charge in [-0.15, -0.1) is 0 Å². The van der Waals surface area contributed by atoms with Crippen molar-refractivity contribution in [2.75, 3.05) is 11.5 Å². The molecule has 1 aliphatic rings. The van der Waals surface area contributed by atoms with E-state index in [4.69, 9.17) is 13.7 Å². The Morgan fingerprint density at radius 2 is 2.00 bits per heavy atom. The van der Waals surface area contributed by atoms with Crippen LogP contribution in [0.2, 0.25) is 0 Å². The van der Waals surface area contributed by atoms with Crippen LogP contribution in [0.25, 0.3) is 11.0 Å². The van der Waals surface area contributed by atoms with Crippen LogP contribution in [0.15, 0.2) is 62.3 Å². The smallest absolute Gasteiger partial charge is 0.296 e. The second-order valence-electron chi connectivity index (χ2n) is 7.19. The number of amides is 1. The molecule has 1 amide bonds. The van der Waals surface area contributed by atoms with E-state index in [1.807, 2.05) is 6.92 Å². The second kappa shape index (κ2) is 7.09. The summed E-state index contributed by atoms with van der Waals surface area (Å²) in [5.41, 5.74) is 0.413. The molecule has 0 fully saturated rings. The van der Waals surface area contributed by atoms with Crippen LogP contribution in [0.3, 0.4) is 0 Å². The summed E-state index contributed by atoms with van der Waals surface area (Å²) in [7, 11) is 0. The topological polar surface area (TPSA) is 85.8 Å². The van der Waals surface area contributed by atoms with Crippen LogP contribution in [0.4, 0.5) is 10.2 Å². The number of halogens is 1. The molecule has 0 N–H and O–H groups in total. The van der Waals surface area contributed by atoms with E-state index in [-0.39, 0.29) is 28.1 Å². The van der Waals surface area contributed by atoms with E-state index in [9.17, 15) is 14.0 Å². The van der Waals surface area contributed by atoms with Gasteiger partial charge in [-0.2, -0.15) is 0 Å². The molecule has 8 heteroatoms. The predicted octanol–water partition coefficient (Wildman–Crippen LogP) is 4.38. The summed E-state index contributed by atoms with van der Waals surface area (Å²) in [6.07, 6.45) is 0. The summed E-state index contributed by atoms with van der Waals surface area (Å²) in [5.74, 6) is 0.147. The van der Waals surface area contributed by atoms with Gasteiger partial charge in [-0.1, -0.05) is 17.3 Å². The number of anilines is 1.